The number of carbonyl (C=O) groups excluding carboxylic acids is 2. The van der Waals surface area contributed by atoms with E-state index in [1.807, 2.05) is 60.8 Å². The summed E-state index contributed by atoms with van der Waals surface area (Å²) in [4.78, 5) is 30.4. The SMILES string of the molecule is O=C(Nc1ccccc1)[C@@H]1CCCN(C(=O)c2ccc3[nH]ccc3c2)C1. The van der Waals surface area contributed by atoms with Gasteiger partial charge in [-0.15, -0.1) is 0 Å². The second-order valence-electron chi connectivity index (χ2n) is 6.73. The van der Waals surface area contributed by atoms with Crippen LogP contribution in [0, 0.1) is 5.92 Å². The second kappa shape index (κ2) is 7.04. The number of para-hydroxylation sites is 1. The van der Waals surface area contributed by atoms with Gasteiger partial charge < -0.3 is 15.2 Å². The molecule has 3 aromatic rings. The topological polar surface area (TPSA) is 65.2 Å². The van der Waals surface area contributed by atoms with E-state index < -0.39 is 0 Å². The smallest absolute Gasteiger partial charge is 0.253 e. The fourth-order valence-electron chi connectivity index (χ4n) is 3.51. The molecule has 2 amide bonds. The number of fused-ring (bicyclic) bond motifs is 1. The molecule has 1 saturated heterocycles. The van der Waals surface area contributed by atoms with Crippen LogP contribution >= 0.6 is 0 Å². The molecule has 5 heteroatoms. The van der Waals surface area contributed by atoms with Crippen LogP contribution in [0.15, 0.2) is 60.8 Å². The van der Waals surface area contributed by atoms with Crippen molar-refractivity contribution in [3.8, 4) is 0 Å². The van der Waals surface area contributed by atoms with Gasteiger partial charge in [-0.3, -0.25) is 9.59 Å². The molecule has 0 saturated carbocycles. The standard InChI is InChI=1S/C21H21N3O2/c25-20(23-18-6-2-1-3-7-18)17-5-4-12-24(14-17)21(26)16-8-9-19-15(13-16)10-11-22-19/h1-3,6-11,13,17,22H,4-5,12,14H2,(H,23,25)/t17-/m1/s1. The van der Waals surface area contributed by atoms with Crippen molar-refractivity contribution in [2.45, 2.75) is 12.8 Å². The number of aromatic amines is 1. The Morgan fingerprint density at radius 3 is 2.77 bits per heavy atom. The predicted octanol–water partition coefficient (Wildman–Crippen LogP) is 3.66. The Balaban J connectivity index is 1.45. The minimum atomic E-state index is -0.177. The maximum absolute atomic E-state index is 12.9. The largest absolute Gasteiger partial charge is 0.361 e. The quantitative estimate of drug-likeness (QED) is 0.759. The third kappa shape index (κ3) is 3.33. The number of rotatable bonds is 3. The van der Waals surface area contributed by atoms with Crippen molar-refractivity contribution in [1.82, 2.24) is 9.88 Å². The Morgan fingerprint density at radius 1 is 1.08 bits per heavy atom. The van der Waals surface area contributed by atoms with E-state index in [9.17, 15) is 9.59 Å². The third-order valence-corrected chi connectivity index (χ3v) is 4.92. The number of carbonyl (C=O) groups is 2. The van der Waals surface area contributed by atoms with Crippen LogP contribution in [0.1, 0.15) is 23.2 Å². The minimum Gasteiger partial charge on any atom is -0.361 e. The summed E-state index contributed by atoms with van der Waals surface area (Å²) in [6.07, 6.45) is 3.51. The van der Waals surface area contributed by atoms with Gasteiger partial charge in [0.2, 0.25) is 5.91 Å². The van der Waals surface area contributed by atoms with E-state index in [0.29, 0.717) is 18.7 Å². The van der Waals surface area contributed by atoms with Gasteiger partial charge in [0.05, 0.1) is 5.92 Å². The summed E-state index contributed by atoms with van der Waals surface area (Å²) in [6.45, 7) is 1.15. The van der Waals surface area contributed by atoms with Gasteiger partial charge >= 0.3 is 0 Å². The van der Waals surface area contributed by atoms with Gasteiger partial charge in [0.25, 0.3) is 5.91 Å². The number of benzene rings is 2. The first-order valence-electron chi connectivity index (χ1n) is 8.93. The molecule has 5 nitrogen and oxygen atoms in total. The molecule has 4 rings (SSSR count). The first-order valence-corrected chi connectivity index (χ1v) is 8.93. The van der Waals surface area contributed by atoms with Gasteiger partial charge in [0.15, 0.2) is 0 Å². The molecule has 2 N–H and O–H groups in total. The Hall–Kier alpha value is -3.08. The molecule has 2 aromatic carbocycles. The van der Waals surface area contributed by atoms with Crippen LogP contribution in [0.25, 0.3) is 10.9 Å². The van der Waals surface area contributed by atoms with Crippen LogP contribution in [-0.4, -0.2) is 34.8 Å². The number of anilines is 1. The Morgan fingerprint density at radius 2 is 1.92 bits per heavy atom. The molecular formula is C21H21N3O2. The third-order valence-electron chi connectivity index (χ3n) is 4.92. The average molecular weight is 347 g/mol. The van der Waals surface area contributed by atoms with E-state index >= 15 is 0 Å². The Bertz CT molecular complexity index is 933. The number of piperidine rings is 1. The van der Waals surface area contributed by atoms with Gasteiger partial charge in [-0.2, -0.15) is 0 Å². The number of nitrogens with zero attached hydrogens (tertiary/aromatic N) is 1. The molecule has 1 atom stereocenters. The summed E-state index contributed by atoms with van der Waals surface area (Å²) in [5.74, 6) is -0.205. The Labute approximate surface area is 152 Å². The maximum Gasteiger partial charge on any atom is 0.253 e. The van der Waals surface area contributed by atoms with Crippen molar-refractivity contribution in [2.24, 2.45) is 5.92 Å². The number of aromatic nitrogens is 1. The van der Waals surface area contributed by atoms with Crippen molar-refractivity contribution >= 4 is 28.4 Å². The van der Waals surface area contributed by atoms with E-state index in [1.165, 1.54) is 0 Å². The zero-order valence-corrected chi connectivity index (χ0v) is 14.4. The lowest BCUT2D eigenvalue weighted by atomic mass is 9.96. The summed E-state index contributed by atoms with van der Waals surface area (Å²) < 4.78 is 0. The molecule has 132 valence electrons. The number of nitrogens with one attached hydrogen (secondary N) is 2. The number of hydrogen-bond donors (Lipinski definition) is 2. The van der Waals surface area contributed by atoms with Crippen LogP contribution in [0.5, 0.6) is 0 Å². The highest BCUT2D eigenvalue weighted by molar-refractivity contribution is 5.99. The second-order valence-corrected chi connectivity index (χ2v) is 6.73. The number of hydrogen-bond acceptors (Lipinski definition) is 2. The summed E-state index contributed by atoms with van der Waals surface area (Å²) >= 11 is 0. The highest BCUT2D eigenvalue weighted by atomic mass is 16.2. The zero-order chi connectivity index (χ0) is 17.9. The van der Waals surface area contributed by atoms with E-state index in [4.69, 9.17) is 0 Å². The molecule has 0 aliphatic carbocycles. The van der Waals surface area contributed by atoms with E-state index in [2.05, 4.69) is 10.3 Å². The average Bonchev–Trinajstić information content (AvgIpc) is 3.16. The van der Waals surface area contributed by atoms with E-state index in [-0.39, 0.29) is 17.7 Å². The van der Waals surface area contributed by atoms with Gasteiger partial charge in [-0.05, 0) is 49.2 Å². The van der Waals surface area contributed by atoms with Gasteiger partial charge in [0, 0.05) is 41.4 Å². The molecule has 1 aliphatic rings. The Kier molecular flexibility index (Phi) is 4.44. The van der Waals surface area contributed by atoms with Crippen LogP contribution in [-0.2, 0) is 4.79 Å². The fourth-order valence-corrected chi connectivity index (χ4v) is 3.51. The summed E-state index contributed by atoms with van der Waals surface area (Å²) in [5.41, 5.74) is 2.47. The van der Waals surface area contributed by atoms with E-state index in [0.717, 1.165) is 29.4 Å². The molecule has 0 unspecified atom stereocenters. The fraction of sp³-hybridized carbons (Fsp3) is 0.238. The lowest BCUT2D eigenvalue weighted by Gasteiger charge is -2.32. The molecule has 1 aromatic heterocycles. The van der Waals surface area contributed by atoms with Crippen LogP contribution in [0.4, 0.5) is 5.69 Å². The summed E-state index contributed by atoms with van der Waals surface area (Å²) in [7, 11) is 0. The molecule has 0 bridgehead atoms. The molecule has 2 heterocycles. The van der Waals surface area contributed by atoms with Crippen molar-refractivity contribution in [2.75, 3.05) is 18.4 Å². The van der Waals surface area contributed by atoms with Crippen molar-refractivity contribution < 1.29 is 9.59 Å². The van der Waals surface area contributed by atoms with Crippen molar-refractivity contribution in [1.29, 1.82) is 0 Å². The molecule has 0 spiro atoms. The lowest BCUT2D eigenvalue weighted by Crippen LogP contribution is -2.43. The maximum atomic E-state index is 12.9. The first kappa shape index (κ1) is 16.4. The normalized spacial score (nSPS) is 17.2. The monoisotopic (exact) mass is 347 g/mol. The zero-order valence-electron chi connectivity index (χ0n) is 14.4. The molecule has 1 fully saturated rings. The van der Waals surface area contributed by atoms with Gasteiger partial charge in [-0.25, -0.2) is 0 Å². The number of H-pyrrole nitrogens is 1. The van der Waals surface area contributed by atoms with E-state index in [1.54, 1.807) is 4.90 Å². The molecule has 1 aliphatic heterocycles. The van der Waals surface area contributed by atoms with Crippen molar-refractivity contribution in [3.63, 3.8) is 0 Å². The highest BCUT2D eigenvalue weighted by Crippen LogP contribution is 2.22. The van der Waals surface area contributed by atoms with Gasteiger partial charge in [-0.1, -0.05) is 18.2 Å². The number of likely N-dealkylation sites (tertiary alicyclic amines) is 1. The lowest BCUT2D eigenvalue weighted by molar-refractivity contribution is -0.121. The van der Waals surface area contributed by atoms with Crippen LogP contribution in [0.3, 0.4) is 0 Å². The van der Waals surface area contributed by atoms with Gasteiger partial charge in [0.1, 0.15) is 0 Å². The van der Waals surface area contributed by atoms with Crippen LogP contribution < -0.4 is 5.32 Å². The molecular weight excluding hydrogens is 326 g/mol. The first-order chi connectivity index (χ1) is 12.7. The van der Waals surface area contributed by atoms with Crippen molar-refractivity contribution in [3.05, 3.63) is 66.4 Å². The molecule has 26 heavy (non-hydrogen) atoms. The summed E-state index contributed by atoms with van der Waals surface area (Å²) in [5, 5.41) is 3.97. The molecule has 0 radical (unpaired) electrons. The summed E-state index contributed by atoms with van der Waals surface area (Å²) in [6, 6.07) is 17.1. The highest BCUT2D eigenvalue weighted by Gasteiger charge is 2.29. The number of amides is 2. The minimum absolute atomic E-state index is 0.00897. The predicted molar refractivity (Wildman–Crippen MR) is 102 cm³/mol. The van der Waals surface area contributed by atoms with Crippen LogP contribution in [0.2, 0.25) is 0 Å².